The van der Waals surface area contributed by atoms with E-state index in [1.165, 1.54) is 0 Å². The Morgan fingerprint density at radius 1 is 1.47 bits per heavy atom. The molecule has 1 aliphatic heterocycles. The molecule has 0 saturated heterocycles. The highest BCUT2D eigenvalue weighted by Crippen LogP contribution is 2.26. The number of nitrogens with zero attached hydrogens (tertiary/aromatic N) is 1. The number of benzene rings is 1. The van der Waals surface area contributed by atoms with Crippen LogP contribution in [-0.2, 0) is 4.74 Å². The van der Waals surface area contributed by atoms with E-state index in [1.54, 1.807) is 7.11 Å². The van der Waals surface area contributed by atoms with Crippen molar-refractivity contribution in [2.75, 3.05) is 13.7 Å². The zero-order chi connectivity index (χ0) is 12.4. The molecule has 3 nitrogen and oxygen atoms in total. The van der Waals surface area contributed by atoms with Crippen molar-refractivity contribution < 1.29 is 9.47 Å². The van der Waals surface area contributed by atoms with Crippen LogP contribution in [0, 0.1) is 5.92 Å². The maximum atomic E-state index is 5.66. The lowest BCUT2D eigenvalue weighted by Gasteiger charge is -2.07. The Balaban J connectivity index is 2.31. The molecule has 0 aliphatic carbocycles. The minimum atomic E-state index is 0.253. The molecule has 0 N–H and O–H groups in total. The minimum absolute atomic E-state index is 0.253. The lowest BCUT2D eigenvalue weighted by Crippen LogP contribution is -2.13. The Labute approximate surface area is 110 Å². The van der Waals surface area contributed by atoms with Gasteiger partial charge in [-0.1, -0.05) is 13.8 Å². The van der Waals surface area contributed by atoms with Crippen molar-refractivity contribution in [1.29, 1.82) is 0 Å². The van der Waals surface area contributed by atoms with Gasteiger partial charge < -0.3 is 9.47 Å². The SMILES string of the molecule is COc1ccc(Br)c(C2=N[C@@H](C(C)C)CO2)c1. The second-order valence-corrected chi connectivity index (χ2v) is 5.26. The monoisotopic (exact) mass is 297 g/mol. The Morgan fingerprint density at radius 3 is 2.82 bits per heavy atom. The first-order chi connectivity index (χ1) is 8.11. The van der Waals surface area contributed by atoms with Crippen LogP contribution in [0.4, 0.5) is 0 Å². The van der Waals surface area contributed by atoms with E-state index in [0.717, 1.165) is 15.8 Å². The zero-order valence-corrected chi connectivity index (χ0v) is 11.8. The third-order valence-electron chi connectivity index (χ3n) is 2.85. The summed E-state index contributed by atoms with van der Waals surface area (Å²) in [6.07, 6.45) is 0. The molecule has 1 aromatic carbocycles. The summed E-state index contributed by atoms with van der Waals surface area (Å²) in [4.78, 5) is 4.60. The van der Waals surface area contributed by atoms with Gasteiger partial charge in [0.05, 0.1) is 18.7 Å². The third kappa shape index (κ3) is 2.63. The number of methoxy groups -OCH3 is 1. The van der Waals surface area contributed by atoms with Crippen molar-refractivity contribution in [2.45, 2.75) is 19.9 Å². The van der Waals surface area contributed by atoms with Crippen molar-refractivity contribution in [1.82, 2.24) is 0 Å². The highest BCUT2D eigenvalue weighted by molar-refractivity contribution is 9.10. The van der Waals surface area contributed by atoms with Crippen molar-refractivity contribution in [3.05, 3.63) is 28.2 Å². The van der Waals surface area contributed by atoms with Gasteiger partial charge in [-0.2, -0.15) is 0 Å². The molecular formula is C13H16BrNO2. The molecule has 1 atom stereocenters. The van der Waals surface area contributed by atoms with Gasteiger partial charge in [-0.3, -0.25) is 0 Å². The molecule has 0 fully saturated rings. The van der Waals surface area contributed by atoms with Gasteiger partial charge in [0.15, 0.2) is 0 Å². The fourth-order valence-corrected chi connectivity index (χ4v) is 2.09. The molecule has 0 unspecified atom stereocenters. The standard InChI is InChI=1S/C13H16BrNO2/c1-8(2)12-7-17-13(15-12)10-6-9(16-3)4-5-11(10)14/h4-6,8,12H,7H2,1-3H3/t12-/m1/s1. The van der Waals surface area contributed by atoms with Crippen LogP contribution in [0.1, 0.15) is 19.4 Å². The van der Waals surface area contributed by atoms with Gasteiger partial charge >= 0.3 is 0 Å². The highest BCUT2D eigenvalue weighted by Gasteiger charge is 2.24. The second-order valence-electron chi connectivity index (χ2n) is 4.40. The number of aliphatic imine (C=N–C) groups is 1. The normalized spacial score (nSPS) is 19.1. The Morgan fingerprint density at radius 2 is 2.24 bits per heavy atom. The maximum absolute atomic E-state index is 5.66. The zero-order valence-electron chi connectivity index (χ0n) is 10.2. The van der Waals surface area contributed by atoms with Crippen molar-refractivity contribution in [3.8, 4) is 5.75 Å². The van der Waals surface area contributed by atoms with Gasteiger partial charge in [0, 0.05) is 4.47 Å². The third-order valence-corrected chi connectivity index (χ3v) is 3.54. The number of ether oxygens (including phenoxy) is 2. The molecular weight excluding hydrogens is 282 g/mol. The summed E-state index contributed by atoms with van der Waals surface area (Å²) < 4.78 is 11.8. The van der Waals surface area contributed by atoms with E-state index in [9.17, 15) is 0 Å². The molecule has 1 aromatic rings. The second kappa shape index (κ2) is 5.08. The molecule has 0 aromatic heterocycles. The van der Waals surface area contributed by atoms with Crippen molar-refractivity contribution in [2.24, 2.45) is 10.9 Å². The quantitative estimate of drug-likeness (QED) is 0.857. The molecule has 0 amide bonds. The molecule has 0 saturated carbocycles. The first-order valence-electron chi connectivity index (χ1n) is 5.66. The van der Waals surface area contributed by atoms with Crippen LogP contribution >= 0.6 is 15.9 Å². The number of rotatable bonds is 3. The summed E-state index contributed by atoms with van der Waals surface area (Å²) in [5, 5.41) is 0. The highest BCUT2D eigenvalue weighted by atomic mass is 79.9. The predicted octanol–water partition coefficient (Wildman–Crippen LogP) is 3.26. The Hall–Kier alpha value is -1.03. The predicted molar refractivity (Wildman–Crippen MR) is 71.8 cm³/mol. The first-order valence-corrected chi connectivity index (χ1v) is 6.45. The van der Waals surface area contributed by atoms with E-state index in [4.69, 9.17) is 9.47 Å². The van der Waals surface area contributed by atoms with Crippen molar-refractivity contribution in [3.63, 3.8) is 0 Å². The lowest BCUT2D eigenvalue weighted by atomic mass is 10.1. The summed E-state index contributed by atoms with van der Waals surface area (Å²) in [6.45, 7) is 4.97. The topological polar surface area (TPSA) is 30.8 Å². The summed E-state index contributed by atoms with van der Waals surface area (Å²) in [6, 6.07) is 6.04. The first kappa shape index (κ1) is 12.4. The van der Waals surface area contributed by atoms with Gasteiger partial charge in [0.2, 0.25) is 5.90 Å². The van der Waals surface area contributed by atoms with Crippen LogP contribution < -0.4 is 4.74 Å². The van der Waals surface area contributed by atoms with Gasteiger partial charge in [0.25, 0.3) is 0 Å². The fraction of sp³-hybridized carbons (Fsp3) is 0.462. The van der Waals surface area contributed by atoms with Gasteiger partial charge in [-0.25, -0.2) is 4.99 Å². The van der Waals surface area contributed by atoms with Crippen LogP contribution in [0.25, 0.3) is 0 Å². The van der Waals surface area contributed by atoms with E-state index >= 15 is 0 Å². The van der Waals surface area contributed by atoms with E-state index < -0.39 is 0 Å². The molecule has 1 heterocycles. The molecule has 0 radical (unpaired) electrons. The molecule has 17 heavy (non-hydrogen) atoms. The van der Waals surface area contributed by atoms with Gasteiger partial charge in [-0.15, -0.1) is 0 Å². The molecule has 4 heteroatoms. The fourth-order valence-electron chi connectivity index (χ4n) is 1.67. The van der Waals surface area contributed by atoms with Crippen molar-refractivity contribution >= 4 is 21.8 Å². The summed E-state index contributed by atoms with van der Waals surface area (Å²) >= 11 is 3.51. The summed E-state index contributed by atoms with van der Waals surface area (Å²) in [5.74, 6) is 2.01. The molecule has 0 spiro atoms. The molecule has 1 aliphatic rings. The average Bonchev–Trinajstić information content (AvgIpc) is 2.79. The van der Waals surface area contributed by atoms with Crippen LogP contribution in [-0.4, -0.2) is 25.7 Å². The van der Waals surface area contributed by atoms with E-state index in [-0.39, 0.29) is 6.04 Å². The van der Waals surface area contributed by atoms with E-state index in [2.05, 4.69) is 34.8 Å². The molecule has 2 rings (SSSR count). The Bertz CT molecular complexity index is 443. The number of halogens is 1. The maximum Gasteiger partial charge on any atom is 0.217 e. The Kier molecular flexibility index (Phi) is 3.72. The van der Waals surface area contributed by atoms with Crippen LogP contribution in [0.3, 0.4) is 0 Å². The lowest BCUT2D eigenvalue weighted by molar-refractivity contribution is 0.291. The van der Waals surface area contributed by atoms with Crippen LogP contribution in [0.5, 0.6) is 5.75 Å². The molecule has 0 bridgehead atoms. The summed E-state index contributed by atoms with van der Waals surface area (Å²) in [5.41, 5.74) is 0.951. The summed E-state index contributed by atoms with van der Waals surface area (Å²) in [7, 11) is 1.65. The number of hydrogen-bond donors (Lipinski definition) is 0. The number of hydrogen-bond acceptors (Lipinski definition) is 3. The van der Waals surface area contributed by atoms with Crippen LogP contribution in [0.15, 0.2) is 27.7 Å². The van der Waals surface area contributed by atoms with Gasteiger partial charge in [0.1, 0.15) is 12.4 Å². The molecule has 92 valence electrons. The smallest absolute Gasteiger partial charge is 0.217 e. The van der Waals surface area contributed by atoms with E-state index in [1.807, 2.05) is 18.2 Å². The van der Waals surface area contributed by atoms with Crippen LogP contribution in [0.2, 0.25) is 0 Å². The largest absolute Gasteiger partial charge is 0.497 e. The van der Waals surface area contributed by atoms with E-state index in [0.29, 0.717) is 18.4 Å². The minimum Gasteiger partial charge on any atom is -0.497 e. The van der Waals surface area contributed by atoms with Gasteiger partial charge in [-0.05, 0) is 40.0 Å². The average molecular weight is 298 g/mol.